The Hall–Kier alpha value is -0.570. The zero-order chi connectivity index (χ0) is 12.5. The van der Waals surface area contributed by atoms with E-state index in [0.29, 0.717) is 0 Å². The van der Waals surface area contributed by atoms with E-state index in [0.717, 1.165) is 32.3 Å². The Morgan fingerprint density at radius 2 is 1.94 bits per heavy atom. The van der Waals surface area contributed by atoms with Gasteiger partial charge in [0.2, 0.25) is 0 Å². The van der Waals surface area contributed by atoms with E-state index in [4.69, 9.17) is 4.74 Å². The average Bonchev–Trinajstić information content (AvgIpc) is 2.30. The number of aliphatic carboxylic acids is 1. The van der Waals surface area contributed by atoms with Crippen molar-refractivity contribution in [3.05, 3.63) is 0 Å². The third kappa shape index (κ3) is 2.49. The highest BCUT2D eigenvalue weighted by Crippen LogP contribution is 2.46. The van der Waals surface area contributed by atoms with Gasteiger partial charge < -0.3 is 9.84 Å². The first-order valence-corrected chi connectivity index (χ1v) is 6.84. The fourth-order valence-corrected chi connectivity index (χ4v) is 3.36. The van der Waals surface area contributed by atoms with Gasteiger partial charge in [-0.05, 0) is 45.4 Å². The van der Waals surface area contributed by atoms with E-state index >= 15 is 0 Å². The first kappa shape index (κ1) is 12.9. The molecular formula is C14H24O3. The summed E-state index contributed by atoms with van der Waals surface area (Å²) in [5.41, 5.74) is -0.609. The van der Waals surface area contributed by atoms with Crippen molar-refractivity contribution in [3.63, 3.8) is 0 Å². The molecule has 1 saturated carbocycles. The van der Waals surface area contributed by atoms with Crippen LogP contribution in [0.3, 0.4) is 0 Å². The fraction of sp³-hybridized carbons (Fsp3) is 0.929. The van der Waals surface area contributed by atoms with Crippen LogP contribution in [0.2, 0.25) is 0 Å². The lowest BCUT2D eigenvalue weighted by atomic mass is 9.67. The van der Waals surface area contributed by atoms with Crippen molar-refractivity contribution in [2.75, 3.05) is 6.61 Å². The van der Waals surface area contributed by atoms with Crippen LogP contribution in [-0.2, 0) is 9.53 Å². The maximum atomic E-state index is 11.4. The summed E-state index contributed by atoms with van der Waals surface area (Å²) in [7, 11) is 0. The number of carboxylic acids is 1. The second-order valence-electron chi connectivity index (χ2n) is 6.31. The van der Waals surface area contributed by atoms with E-state index in [9.17, 15) is 9.90 Å². The van der Waals surface area contributed by atoms with Gasteiger partial charge in [-0.15, -0.1) is 0 Å². The van der Waals surface area contributed by atoms with Gasteiger partial charge >= 0.3 is 5.97 Å². The van der Waals surface area contributed by atoms with E-state index < -0.39 is 11.4 Å². The number of hydrogen-bond acceptors (Lipinski definition) is 2. The van der Waals surface area contributed by atoms with Gasteiger partial charge in [0.05, 0.1) is 11.0 Å². The van der Waals surface area contributed by atoms with Crippen LogP contribution in [0.15, 0.2) is 0 Å². The monoisotopic (exact) mass is 240 g/mol. The predicted octanol–water partition coefficient (Wildman–Crippen LogP) is 3.23. The molecule has 1 atom stereocenters. The molecule has 2 fully saturated rings. The molecule has 3 nitrogen and oxygen atoms in total. The Bertz CT molecular complexity index is 284. The van der Waals surface area contributed by atoms with Crippen molar-refractivity contribution in [3.8, 4) is 0 Å². The molecule has 0 radical (unpaired) electrons. The molecule has 0 amide bonds. The van der Waals surface area contributed by atoms with Crippen molar-refractivity contribution < 1.29 is 14.6 Å². The van der Waals surface area contributed by atoms with Crippen LogP contribution in [0.4, 0.5) is 0 Å². The molecule has 0 aromatic carbocycles. The summed E-state index contributed by atoms with van der Waals surface area (Å²) in [6.45, 7) is 4.46. The lowest BCUT2D eigenvalue weighted by molar-refractivity contribution is -0.163. The quantitative estimate of drug-likeness (QED) is 0.806. The van der Waals surface area contributed by atoms with Gasteiger partial charge in [0.1, 0.15) is 0 Å². The molecule has 1 aliphatic carbocycles. The summed E-state index contributed by atoms with van der Waals surface area (Å²) in [6.07, 6.45) is 7.85. The maximum Gasteiger partial charge on any atom is 0.309 e. The van der Waals surface area contributed by atoms with Crippen LogP contribution in [-0.4, -0.2) is 23.3 Å². The summed E-state index contributed by atoms with van der Waals surface area (Å²) in [5.74, 6) is -0.415. The van der Waals surface area contributed by atoms with Crippen LogP contribution in [0.5, 0.6) is 0 Å². The second-order valence-corrected chi connectivity index (χ2v) is 6.31. The zero-order valence-electron chi connectivity index (χ0n) is 11.0. The van der Waals surface area contributed by atoms with Crippen molar-refractivity contribution in [2.45, 2.75) is 64.4 Å². The number of rotatable bonds is 2. The minimum Gasteiger partial charge on any atom is -0.481 e. The summed E-state index contributed by atoms with van der Waals surface area (Å²) in [6, 6.07) is 0. The zero-order valence-corrected chi connectivity index (χ0v) is 11.0. The molecular weight excluding hydrogens is 216 g/mol. The number of hydrogen-bond donors (Lipinski definition) is 1. The van der Waals surface area contributed by atoms with Crippen molar-refractivity contribution in [2.24, 2.45) is 11.3 Å². The molecule has 0 aromatic heterocycles. The fourth-order valence-electron chi connectivity index (χ4n) is 3.36. The summed E-state index contributed by atoms with van der Waals surface area (Å²) >= 11 is 0. The van der Waals surface area contributed by atoms with E-state index in [1.165, 1.54) is 19.3 Å². The molecule has 0 bridgehead atoms. The molecule has 1 saturated heterocycles. The highest BCUT2D eigenvalue weighted by atomic mass is 16.5. The van der Waals surface area contributed by atoms with E-state index in [2.05, 4.69) is 0 Å². The highest BCUT2D eigenvalue weighted by Gasteiger charge is 2.46. The van der Waals surface area contributed by atoms with Crippen LogP contribution in [0.25, 0.3) is 0 Å². The lowest BCUT2D eigenvalue weighted by Crippen LogP contribution is -2.47. The number of carbonyl (C=O) groups is 1. The molecule has 2 aliphatic rings. The molecule has 1 N–H and O–H groups in total. The third-order valence-electron chi connectivity index (χ3n) is 4.83. The molecule has 0 aromatic rings. The van der Waals surface area contributed by atoms with Gasteiger partial charge in [0.15, 0.2) is 0 Å². The summed E-state index contributed by atoms with van der Waals surface area (Å²) in [4.78, 5) is 11.4. The first-order valence-electron chi connectivity index (χ1n) is 6.84. The minimum atomic E-state index is -0.671. The molecule has 17 heavy (non-hydrogen) atoms. The Labute approximate surface area is 104 Å². The summed E-state index contributed by atoms with van der Waals surface area (Å²) in [5, 5.41) is 9.34. The minimum absolute atomic E-state index is 0.00782. The Morgan fingerprint density at radius 1 is 1.29 bits per heavy atom. The van der Waals surface area contributed by atoms with Crippen LogP contribution in [0, 0.1) is 11.3 Å². The Morgan fingerprint density at radius 3 is 2.53 bits per heavy atom. The van der Waals surface area contributed by atoms with E-state index in [1.54, 1.807) is 0 Å². The standard InChI is InChI=1S/C14H24O3/c1-13(2,12(15)16)11-6-9-17-14(10-11)7-4-3-5-8-14/h11H,3-10H2,1-2H3,(H,15,16). The van der Waals surface area contributed by atoms with E-state index in [-0.39, 0.29) is 11.5 Å². The van der Waals surface area contributed by atoms with Gasteiger partial charge in [-0.1, -0.05) is 19.3 Å². The molecule has 1 unspecified atom stereocenters. The lowest BCUT2D eigenvalue weighted by Gasteiger charge is -2.46. The van der Waals surface area contributed by atoms with Crippen molar-refractivity contribution in [1.29, 1.82) is 0 Å². The third-order valence-corrected chi connectivity index (χ3v) is 4.83. The number of carboxylic acid groups (broad SMARTS) is 1. The SMILES string of the molecule is CC(C)(C(=O)O)C1CCOC2(CCCCC2)C1. The molecule has 2 rings (SSSR count). The van der Waals surface area contributed by atoms with Gasteiger partial charge in [-0.25, -0.2) is 0 Å². The molecule has 3 heteroatoms. The van der Waals surface area contributed by atoms with Gasteiger partial charge in [-0.2, -0.15) is 0 Å². The summed E-state index contributed by atoms with van der Waals surface area (Å²) < 4.78 is 6.02. The molecule has 98 valence electrons. The smallest absolute Gasteiger partial charge is 0.309 e. The average molecular weight is 240 g/mol. The van der Waals surface area contributed by atoms with Gasteiger partial charge in [-0.3, -0.25) is 4.79 Å². The normalized spacial score (nSPS) is 29.2. The Kier molecular flexibility index (Phi) is 3.48. The number of ether oxygens (including phenoxy) is 1. The molecule has 1 aliphatic heterocycles. The Balaban J connectivity index is 2.08. The van der Waals surface area contributed by atoms with Crippen LogP contribution in [0.1, 0.15) is 58.8 Å². The predicted molar refractivity (Wildman–Crippen MR) is 65.9 cm³/mol. The van der Waals surface area contributed by atoms with E-state index in [1.807, 2.05) is 13.8 Å². The maximum absolute atomic E-state index is 11.4. The molecule has 1 spiro atoms. The second kappa shape index (κ2) is 4.60. The largest absolute Gasteiger partial charge is 0.481 e. The highest BCUT2D eigenvalue weighted by molar-refractivity contribution is 5.74. The molecule has 1 heterocycles. The van der Waals surface area contributed by atoms with Crippen LogP contribution >= 0.6 is 0 Å². The van der Waals surface area contributed by atoms with Crippen molar-refractivity contribution >= 4 is 5.97 Å². The van der Waals surface area contributed by atoms with Gasteiger partial charge in [0.25, 0.3) is 0 Å². The first-order chi connectivity index (χ1) is 7.96. The van der Waals surface area contributed by atoms with Crippen molar-refractivity contribution in [1.82, 2.24) is 0 Å². The van der Waals surface area contributed by atoms with Crippen LogP contribution < -0.4 is 0 Å². The topological polar surface area (TPSA) is 46.5 Å². The van der Waals surface area contributed by atoms with Gasteiger partial charge in [0, 0.05) is 6.61 Å².